The largest absolute Gasteiger partial charge is 0.462 e. The molecule has 0 rings (SSSR count). The van der Waals surface area contributed by atoms with E-state index in [0.717, 1.165) is 64.2 Å². The summed E-state index contributed by atoms with van der Waals surface area (Å²) in [5, 5.41) is 9.52. The maximum absolute atomic E-state index is 12.1. The van der Waals surface area contributed by atoms with Gasteiger partial charge in [-0.3, -0.25) is 9.59 Å². The van der Waals surface area contributed by atoms with Crippen molar-refractivity contribution in [3.05, 3.63) is 72.9 Å². The van der Waals surface area contributed by atoms with Gasteiger partial charge in [0.15, 0.2) is 6.10 Å². The summed E-state index contributed by atoms with van der Waals surface area (Å²) in [7, 11) is 0. The quantitative estimate of drug-likeness (QED) is 0.0471. The van der Waals surface area contributed by atoms with Gasteiger partial charge in [0, 0.05) is 12.8 Å². The number of aliphatic hydroxyl groups excluding tert-OH is 1. The van der Waals surface area contributed by atoms with Crippen molar-refractivity contribution < 1.29 is 24.2 Å². The van der Waals surface area contributed by atoms with Crippen molar-refractivity contribution in [1.82, 2.24) is 0 Å². The Labute approximate surface area is 276 Å². The standard InChI is InChI=1S/C40H66O5/c1-3-5-7-9-11-13-15-17-19-20-21-23-24-26-28-30-32-34-39(42)44-37-38(36-41)45-40(43)35-33-31-29-27-25-22-18-16-14-12-10-8-6-4-2/h5,7,11,13,16-19,21,23,26,28,38,41H,3-4,6,8-10,12,14-15,20,22,24-25,27,29-37H2,1-2H3/b7-5+,13-11+,18-16+,19-17+,23-21+,28-26+/t38-/m0/s1. The molecule has 0 saturated heterocycles. The van der Waals surface area contributed by atoms with E-state index in [1.54, 1.807) is 0 Å². The fourth-order valence-electron chi connectivity index (χ4n) is 4.52. The number of hydrogen-bond donors (Lipinski definition) is 1. The molecular weight excluding hydrogens is 560 g/mol. The number of ether oxygens (including phenoxy) is 2. The minimum absolute atomic E-state index is 0.102. The normalized spacial score (nSPS) is 13.0. The number of esters is 2. The third-order valence-corrected chi connectivity index (χ3v) is 7.23. The van der Waals surface area contributed by atoms with Crippen LogP contribution in [0.5, 0.6) is 0 Å². The van der Waals surface area contributed by atoms with Crippen LogP contribution in [0.1, 0.15) is 149 Å². The molecule has 0 bridgehead atoms. The smallest absolute Gasteiger partial charge is 0.306 e. The Kier molecular flexibility index (Phi) is 33.7. The highest BCUT2D eigenvalue weighted by Crippen LogP contribution is 2.11. The SMILES string of the molecule is CC/C=C/C/C=C/C/C=C/C/C=C/C/C=C/CCCC(=O)OC[C@H](CO)OC(=O)CCCCCCC/C=C/CCCCCCC. The third kappa shape index (κ3) is 34.1. The summed E-state index contributed by atoms with van der Waals surface area (Å²) >= 11 is 0. The van der Waals surface area contributed by atoms with Crippen LogP contribution in [-0.2, 0) is 19.1 Å². The zero-order valence-electron chi connectivity index (χ0n) is 28.8. The molecule has 0 aromatic heterocycles. The Morgan fingerprint density at radius 2 is 0.978 bits per heavy atom. The van der Waals surface area contributed by atoms with Crippen LogP contribution in [0.3, 0.4) is 0 Å². The van der Waals surface area contributed by atoms with E-state index < -0.39 is 6.10 Å². The Morgan fingerprint density at radius 3 is 1.53 bits per heavy atom. The minimum Gasteiger partial charge on any atom is -0.462 e. The molecule has 0 aliphatic rings. The molecule has 0 fully saturated rings. The Hall–Kier alpha value is -2.66. The average Bonchev–Trinajstić information content (AvgIpc) is 3.04. The second-order valence-electron chi connectivity index (χ2n) is 11.6. The van der Waals surface area contributed by atoms with Crippen LogP contribution in [0, 0.1) is 0 Å². The van der Waals surface area contributed by atoms with Crippen molar-refractivity contribution in [1.29, 1.82) is 0 Å². The van der Waals surface area contributed by atoms with Crippen LogP contribution in [0.2, 0.25) is 0 Å². The molecule has 5 nitrogen and oxygen atoms in total. The minimum atomic E-state index is -0.800. The first-order chi connectivity index (χ1) is 22.1. The zero-order valence-corrected chi connectivity index (χ0v) is 28.8. The van der Waals surface area contributed by atoms with Gasteiger partial charge in [0.1, 0.15) is 6.61 Å². The van der Waals surface area contributed by atoms with Crippen LogP contribution in [-0.4, -0.2) is 36.4 Å². The van der Waals surface area contributed by atoms with Crippen LogP contribution in [0.4, 0.5) is 0 Å². The molecule has 0 aromatic carbocycles. The molecule has 0 unspecified atom stereocenters. The molecule has 0 amide bonds. The summed E-state index contributed by atoms with van der Waals surface area (Å²) in [4.78, 5) is 24.2. The molecular formula is C40H66O5. The summed E-state index contributed by atoms with van der Waals surface area (Å²) in [5.74, 6) is -0.677. The van der Waals surface area contributed by atoms with Gasteiger partial charge in [0.05, 0.1) is 6.61 Å². The van der Waals surface area contributed by atoms with Gasteiger partial charge in [-0.05, 0) is 77.0 Å². The van der Waals surface area contributed by atoms with Gasteiger partial charge in [0.2, 0.25) is 0 Å². The summed E-state index contributed by atoms with van der Waals surface area (Å²) < 4.78 is 10.5. The highest BCUT2D eigenvalue weighted by molar-refractivity contribution is 5.70. The van der Waals surface area contributed by atoms with Gasteiger partial charge in [-0.15, -0.1) is 0 Å². The van der Waals surface area contributed by atoms with E-state index in [4.69, 9.17) is 9.47 Å². The average molecular weight is 627 g/mol. The van der Waals surface area contributed by atoms with Crippen molar-refractivity contribution in [2.75, 3.05) is 13.2 Å². The highest BCUT2D eigenvalue weighted by Gasteiger charge is 2.15. The number of unbranched alkanes of at least 4 members (excludes halogenated alkanes) is 11. The lowest BCUT2D eigenvalue weighted by Crippen LogP contribution is -2.28. The molecule has 45 heavy (non-hydrogen) atoms. The molecule has 0 aliphatic carbocycles. The van der Waals surface area contributed by atoms with E-state index in [0.29, 0.717) is 19.3 Å². The van der Waals surface area contributed by atoms with E-state index in [2.05, 4.69) is 86.8 Å². The van der Waals surface area contributed by atoms with Gasteiger partial charge in [0.25, 0.3) is 0 Å². The number of rotatable bonds is 31. The van der Waals surface area contributed by atoms with Crippen molar-refractivity contribution in [3.8, 4) is 0 Å². The number of aliphatic hydroxyl groups is 1. The second kappa shape index (κ2) is 35.8. The first kappa shape index (κ1) is 42.3. The molecule has 256 valence electrons. The predicted molar refractivity (Wildman–Crippen MR) is 191 cm³/mol. The van der Waals surface area contributed by atoms with Gasteiger partial charge >= 0.3 is 11.9 Å². The van der Waals surface area contributed by atoms with E-state index in [9.17, 15) is 14.7 Å². The molecule has 1 N–H and O–H groups in total. The predicted octanol–water partition coefficient (Wildman–Crippen LogP) is 11.0. The number of hydrogen-bond acceptors (Lipinski definition) is 5. The Morgan fingerprint density at radius 1 is 0.533 bits per heavy atom. The number of carbonyl (C=O) groups is 2. The summed E-state index contributed by atoms with van der Waals surface area (Å²) in [6.07, 6.45) is 46.7. The molecule has 1 atom stereocenters. The molecule has 0 aliphatic heterocycles. The molecule has 0 saturated carbocycles. The van der Waals surface area contributed by atoms with Gasteiger partial charge in [-0.1, -0.05) is 132 Å². The van der Waals surface area contributed by atoms with Gasteiger partial charge in [-0.25, -0.2) is 0 Å². The highest BCUT2D eigenvalue weighted by atomic mass is 16.6. The van der Waals surface area contributed by atoms with Crippen molar-refractivity contribution in [3.63, 3.8) is 0 Å². The third-order valence-electron chi connectivity index (χ3n) is 7.23. The summed E-state index contributed by atoms with van der Waals surface area (Å²) in [6.45, 7) is 3.93. The lowest BCUT2D eigenvalue weighted by atomic mass is 10.1. The molecule has 0 spiro atoms. The van der Waals surface area contributed by atoms with Crippen LogP contribution < -0.4 is 0 Å². The summed E-state index contributed by atoms with van der Waals surface area (Å²) in [5.41, 5.74) is 0. The lowest BCUT2D eigenvalue weighted by Gasteiger charge is -2.15. The zero-order chi connectivity index (χ0) is 32.9. The second-order valence-corrected chi connectivity index (χ2v) is 11.6. The maximum atomic E-state index is 12.1. The first-order valence-corrected chi connectivity index (χ1v) is 18.0. The summed E-state index contributed by atoms with van der Waals surface area (Å²) in [6, 6.07) is 0. The molecule has 0 heterocycles. The molecule has 0 aromatic rings. The lowest BCUT2D eigenvalue weighted by molar-refractivity contribution is -0.161. The molecule has 5 heteroatoms. The van der Waals surface area contributed by atoms with Gasteiger partial charge < -0.3 is 14.6 Å². The van der Waals surface area contributed by atoms with Crippen LogP contribution in [0.15, 0.2) is 72.9 Å². The first-order valence-electron chi connectivity index (χ1n) is 18.0. The van der Waals surface area contributed by atoms with Crippen LogP contribution in [0.25, 0.3) is 0 Å². The van der Waals surface area contributed by atoms with E-state index in [1.807, 2.05) is 0 Å². The number of carbonyl (C=O) groups excluding carboxylic acids is 2. The monoisotopic (exact) mass is 626 g/mol. The van der Waals surface area contributed by atoms with Crippen LogP contribution >= 0.6 is 0 Å². The fraction of sp³-hybridized carbons (Fsp3) is 0.650. The maximum Gasteiger partial charge on any atom is 0.306 e. The van der Waals surface area contributed by atoms with E-state index in [-0.39, 0.29) is 25.2 Å². The molecule has 0 radical (unpaired) electrons. The van der Waals surface area contributed by atoms with E-state index in [1.165, 1.54) is 51.4 Å². The fourth-order valence-corrected chi connectivity index (χ4v) is 4.52. The van der Waals surface area contributed by atoms with Crippen molar-refractivity contribution in [2.45, 2.75) is 155 Å². The van der Waals surface area contributed by atoms with Crippen molar-refractivity contribution >= 4 is 11.9 Å². The van der Waals surface area contributed by atoms with Crippen molar-refractivity contribution in [2.24, 2.45) is 0 Å². The van der Waals surface area contributed by atoms with Gasteiger partial charge in [-0.2, -0.15) is 0 Å². The Bertz CT molecular complexity index is 849. The van der Waals surface area contributed by atoms with E-state index >= 15 is 0 Å². The topological polar surface area (TPSA) is 72.8 Å². The number of allylic oxidation sites excluding steroid dienone is 12. The Balaban J connectivity index is 3.72.